The van der Waals surface area contributed by atoms with Crippen LogP contribution in [-0.2, 0) is 17.8 Å². The van der Waals surface area contributed by atoms with Crippen molar-refractivity contribution in [3.05, 3.63) is 27.5 Å². The molecular formula is C8H7Cl2NO2. The van der Waals surface area contributed by atoms with Gasteiger partial charge in [0.05, 0.1) is 22.3 Å². The maximum absolute atomic E-state index is 10.3. The van der Waals surface area contributed by atoms with Crippen LogP contribution in [-0.4, -0.2) is 16.4 Å². The van der Waals surface area contributed by atoms with E-state index in [0.717, 1.165) is 0 Å². The Kier molecular flexibility index (Phi) is 3.66. The van der Waals surface area contributed by atoms with E-state index in [-0.39, 0.29) is 18.1 Å². The van der Waals surface area contributed by atoms with Gasteiger partial charge in [0.25, 0.3) is 0 Å². The zero-order valence-electron chi connectivity index (χ0n) is 6.63. The van der Waals surface area contributed by atoms with Crippen LogP contribution in [0.15, 0.2) is 6.20 Å². The normalized spacial score (nSPS) is 10.1. The Morgan fingerprint density at radius 2 is 2.23 bits per heavy atom. The smallest absolute Gasteiger partial charge is 0.124 e. The monoisotopic (exact) mass is 219 g/mol. The summed E-state index contributed by atoms with van der Waals surface area (Å²) < 4.78 is 0. The highest BCUT2D eigenvalue weighted by Gasteiger charge is 2.10. The third-order valence-corrected chi connectivity index (χ3v) is 2.35. The van der Waals surface area contributed by atoms with Gasteiger partial charge in [-0.15, -0.1) is 0 Å². The number of aliphatic hydroxyl groups is 1. The topological polar surface area (TPSA) is 50.2 Å². The minimum absolute atomic E-state index is 0.132. The van der Waals surface area contributed by atoms with Gasteiger partial charge in [0, 0.05) is 12.6 Å². The SMILES string of the molecule is O=CCc1c(Cl)cnc(CO)c1Cl. The van der Waals surface area contributed by atoms with Crippen molar-refractivity contribution in [2.24, 2.45) is 0 Å². The standard InChI is InChI=1S/C8H7Cl2NO2/c9-6-3-11-7(4-13)8(10)5(6)1-2-12/h2-3,13H,1,4H2. The summed E-state index contributed by atoms with van der Waals surface area (Å²) in [6.07, 6.45) is 2.21. The maximum atomic E-state index is 10.3. The van der Waals surface area contributed by atoms with Gasteiger partial charge in [0.2, 0.25) is 0 Å². The number of hydrogen-bond donors (Lipinski definition) is 1. The molecule has 0 aliphatic rings. The van der Waals surface area contributed by atoms with Crippen molar-refractivity contribution in [1.29, 1.82) is 0 Å². The highest BCUT2D eigenvalue weighted by Crippen LogP contribution is 2.26. The molecule has 1 aromatic rings. The highest BCUT2D eigenvalue weighted by atomic mass is 35.5. The zero-order valence-corrected chi connectivity index (χ0v) is 8.14. The number of pyridine rings is 1. The van der Waals surface area contributed by atoms with Crippen LogP contribution in [0.1, 0.15) is 11.3 Å². The number of halogens is 2. The lowest BCUT2D eigenvalue weighted by molar-refractivity contribution is -0.107. The lowest BCUT2D eigenvalue weighted by atomic mass is 10.2. The van der Waals surface area contributed by atoms with Crippen LogP contribution in [0.2, 0.25) is 10.0 Å². The summed E-state index contributed by atoms with van der Waals surface area (Å²) in [5, 5.41) is 9.43. The largest absolute Gasteiger partial charge is 0.390 e. The lowest BCUT2D eigenvalue weighted by Crippen LogP contribution is -1.97. The van der Waals surface area contributed by atoms with Crippen molar-refractivity contribution in [2.45, 2.75) is 13.0 Å². The molecule has 0 aliphatic heterocycles. The van der Waals surface area contributed by atoms with Gasteiger partial charge in [-0.3, -0.25) is 4.98 Å². The van der Waals surface area contributed by atoms with Gasteiger partial charge in [0.1, 0.15) is 6.29 Å². The third-order valence-electron chi connectivity index (χ3n) is 1.58. The molecule has 1 N–H and O–H groups in total. The zero-order chi connectivity index (χ0) is 9.84. The van der Waals surface area contributed by atoms with E-state index in [1.54, 1.807) is 0 Å². The fourth-order valence-corrected chi connectivity index (χ4v) is 1.49. The van der Waals surface area contributed by atoms with Crippen molar-refractivity contribution in [1.82, 2.24) is 4.98 Å². The van der Waals surface area contributed by atoms with E-state index in [1.807, 2.05) is 0 Å². The molecule has 13 heavy (non-hydrogen) atoms. The van der Waals surface area contributed by atoms with Gasteiger partial charge in [-0.1, -0.05) is 23.2 Å². The molecule has 0 radical (unpaired) electrons. The van der Waals surface area contributed by atoms with Gasteiger partial charge in [0.15, 0.2) is 0 Å². The second-order valence-corrected chi connectivity index (χ2v) is 3.16. The van der Waals surface area contributed by atoms with Crippen molar-refractivity contribution >= 4 is 29.5 Å². The Hall–Kier alpha value is -0.640. The average Bonchev–Trinajstić information content (AvgIpc) is 2.12. The summed E-state index contributed by atoms with van der Waals surface area (Å²) in [7, 11) is 0. The van der Waals surface area contributed by atoms with E-state index in [9.17, 15) is 4.79 Å². The van der Waals surface area contributed by atoms with E-state index in [2.05, 4.69) is 4.98 Å². The fourth-order valence-electron chi connectivity index (χ4n) is 0.929. The van der Waals surface area contributed by atoms with E-state index >= 15 is 0 Å². The molecule has 1 heterocycles. The Morgan fingerprint density at radius 3 is 2.77 bits per heavy atom. The minimum Gasteiger partial charge on any atom is -0.390 e. The van der Waals surface area contributed by atoms with Crippen LogP contribution in [0.4, 0.5) is 0 Å². The molecule has 0 aromatic carbocycles. The molecule has 1 aromatic heterocycles. The Labute approximate surface area is 85.3 Å². The first-order valence-electron chi connectivity index (χ1n) is 3.57. The summed E-state index contributed by atoms with van der Waals surface area (Å²) in [6, 6.07) is 0. The van der Waals surface area contributed by atoms with Crippen LogP contribution in [0.25, 0.3) is 0 Å². The molecule has 0 unspecified atom stereocenters. The molecule has 5 heteroatoms. The van der Waals surface area contributed by atoms with Gasteiger partial charge >= 0.3 is 0 Å². The molecule has 0 atom stereocenters. The van der Waals surface area contributed by atoms with Crippen LogP contribution in [0.5, 0.6) is 0 Å². The molecule has 0 amide bonds. The Morgan fingerprint density at radius 1 is 1.54 bits per heavy atom. The van der Waals surface area contributed by atoms with E-state index in [0.29, 0.717) is 22.6 Å². The summed E-state index contributed by atoms with van der Waals surface area (Å²) in [4.78, 5) is 14.1. The predicted octanol–water partition coefficient (Wildman–Crippen LogP) is 1.62. The van der Waals surface area contributed by atoms with E-state index in [4.69, 9.17) is 28.3 Å². The molecule has 0 aliphatic carbocycles. The van der Waals surface area contributed by atoms with Crippen LogP contribution >= 0.6 is 23.2 Å². The summed E-state index contributed by atoms with van der Waals surface area (Å²) in [5.41, 5.74) is 0.848. The number of aromatic nitrogens is 1. The second kappa shape index (κ2) is 4.56. The first-order chi connectivity index (χ1) is 6.20. The fraction of sp³-hybridized carbons (Fsp3) is 0.250. The van der Waals surface area contributed by atoms with E-state index < -0.39 is 0 Å². The predicted molar refractivity (Wildman–Crippen MR) is 49.9 cm³/mol. The molecule has 0 spiro atoms. The van der Waals surface area contributed by atoms with Crippen molar-refractivity contribution in [3.63, 3.8) is 0 Å². The first kappa shape index (κ1) is 10.4. The number of rotatable bonds is 3. The molecule has 0 bridgehead atoms. The third kappa shape index (κ3) is 2.18. The number of hydrogen-bond acceptors (Lipinski definition) is 3. The molecule has 1 rings (SSSR count). The summed E-state index contributed by atoms with van der Waals surface area (Å²) in [5.74, 6) is 0. The Balaban J connectivity index is 3.20. The number of carbonyl (C=O) groups is 1. The van der Waals surface area contributed by atoms with Crippen molar-refractivity contribution < 1.29 is 9.90 Å². The summed E-state index contributed by atoms with van der Waals surface area (Å²) in [6.45, 7) is -0.262. The Bertz CT molecular complexity index is 328. The number of aldehydes is 1. The summed E-state index contributed by atoms with van der Waals surface area (Å²) >= 11 is 11.6. The van der Waals surface area contributed by atoms with E-state index in [1.165, 1.54) is 6.20 Å². The molecule has 3 nitrogen and oxygen atoms in total. The quantitative estimate of drug-likeness (QED) is 0.787. The highest BCUT2D eigenvalue weighted by molar-refractivity contribution is 6.36. The average molecular weight is 220 g/mol. The number of carbonyl (C=O) groups excluding carboxylic acids is 1. The van der Waals surface area contributed by atoms with Crippen molar-refractivity contribution in [3.8, 4) is 0 Å². The van der Waals surface area contributed by atoms with Crippen molar-refractivity contribution in [2.75, 3.05) is 0 Å². The molecule has 0 fully saturated rings. The molecular weight excluding hydrogens is 213 g/mol. The number of nitrogens with zero attached hydrogens (tertiary/aromatic N) is 1. The minimum atomic E-state index is -0.262. The van der Waals surface area contributed by atoms with Crippen LogP contribution < -0.4 is 0 Å². The molecule has 0 saturated carbocycles. The molecule has 70 valence electrons. The van der Waals surface area contributed by atoms with Crippen LogP contribution in [0, 0.1) is 0 Å². The van der Waals surface area contributed by atoms with Gasteiger partial charge < -0.3 is 9.90 Å². The number of aliphatic hydroxyl groups excluding tert-OH is 1. The maximum Gasteiger partial charge on any atom is 0.124 e. The molecule has 0 saturated heterocycles. The van der Waals surface area contributed by atoms with Gasteiger partial charge in [-0.25, -0.2) is 0 Å². The second-order valence-electron chi connectivity index (χ2n) is 2.37. The lowest BCUT2D eigenvalue weighted by Gasteiger charge is -2.05. The van der Waals surface area contributed by atoms with Crippen LogP contribution in [0.3, 0.4) is 0 Å². The first-order valence-corrected chi connectivity index (χ1v) is 4.32. The van der Waals surface area contributed by atoms with Gasteiger partial charge in [-0.05, 0) is 5.56 Å². The van der Waals surface area contributed by atoms with Gasteiger partial charge in [-0.2, -0.15) is 0 Å².